The summed E-state index contributed by atoms with van der Waals surface area (Å²) in [6, 6.07) is -0.760. The molecule has 1 saturated heterocycles. The fourth-order valence-electron chi connectivity index (χ4n) is 1.75. The highest BCUT2D eigenvalue weighted by Gasteiger charge is 2.34. The molecule has 0 aromatic carbocycles. The molecule has 1 fully saturated rings. The van der Waals surface area contributed by atoms with Crippen molar-refractivity contribution in [1.29, 1.82) is 0 Å². The van der Waals surface area contributed by atoms with E-state index in [9.17, 15) is 9.59 Å². The summed E-state index contributed by atoms with van der Waals surface area (Å²) >= 11 is 5.61. The molecule has 0 aliphatic carbocycles. The zero-order valence-corrected chi connectivity index (χ0v) is 11.0. The maximum atomic E-state index is 12.3. The average molecular weight is 286 g/mol. The van der Waals surface area contributed by atoms with Gasteiger partial charge in [0.05, 0.1) is 32.7 Å². The molecule has 1 aliphatic rings. The molecule has 7 nitrogen and oxygen atoms in total. The normalized spacial score (nSPS) is 19.1. The molecule has 0 radical (unpaired) electrons. The predicted molar refractivity (Wildman–Crippen MR) is 64.7 cm³/mol. The van der Waals surface area contributed by atoms with Crippen molar-refractivity contribution in [2.75, 3.05) is 26.9 Å². The number of nitrogens with zero attached hydrogens (tertiary/aromatic N) is 3. The van der Waals surface area contributed by atoms with E-state index in [1.165, 1.54) is 24.4 Å². The maximum absolute atomic E-state index is 12.3. The van der Waals surface area contributed by atoms with Crippen LogP contribution in [0.3, 0.4) is 0 Å². The number of carbonyl (C=O) groups excluding carboxylic acids is 2. The van der Waals surface area contributed by atoms with E-state index in [0.717, 1.165) is 0 Å². The van der Waals surface area contributed by atoms with E-state index < -0.39 is 17.9 Å². The molecular weight excluding hydrogens is 274 g/mol. The van der Waals surface area contributed by atoms with Crippen LogP contribution in [0.25, 0.3) is 0 Å². The minimum atomic E-state index is -0.760. The first-order valence-electron chi connectivity index (χ1n) is 5.57. The van der Waals surface area contributed by atoms with Crippen LogP contribution in [-0.2, 0) is 14.3 Å². The quantitative estimate of drug-likeness (QED) is 0.719. The molecule has 19 heavy (non-hydrogen) atoms. The largest absolute Gasteiger partial charge is 0.467 e. The van der Waals surface area contributed by atoms with Gasteiger partial charge >= 0.3 is 5.97 Å². The summed E-state index contributed by atoms with van der Waals surface area (Å²) in [4.78, 5) is 32.9. The molecule has 1 unspecified atom stereocenters. The van der Waals surface area contributed by atoms with Crippen LogP contribution >= 0.6 is 11.6 Å². The summed E-state index contributed by atoms with van der Waals surface area (Å²) in [6.45, 7) is 0.766. The van der Waals surface area contributed by atoms with Gasteiger partial charge in [0, 0.05) is 6.54 Å². The lowest BCUT2D eigenvalue weighted by molar-refractivity contribution is -0.151. The molecule has 0 N–H and O–H groups in total. The molecular formula is C11H12ClN3O4. The lowest BCUT2D eigenvalue weighted by atomic mass is 10.2. The third kappa shape index (κ3) is 2.99. The number of hydrogen-bond acceptors (Lipinski definition) is 6. The van der Waals surface area contributed by atoms with Crippen molar-refractivity contribution in [3.8, 4) is 0 Å². The highest BCUT2D eigenvalue weighted by Crippen LogP contribution is 2.13. The molecule has 8 heteroatoms. The highest BCUT2D eigenvalue weighted by atomic mass is 35.5. The van der Waals surface area contributed by atoms with Gasteiger partial charge in [-0.3, -0.25) is 4.79 Å². The first-order valence-corrected chi connectivity index (χ1v) is 5.95. The Morgan fingerprint density at radius 3 is 2.89 bits per heavy atom. The van der Waals surface area contributed by atoms with Crippen LogP contribution < -0.4 is 0 Å². The lowest BCUT2D eigenvalue weighted by Crippen LogP contribution is -2.53. The van der Waals surface area contributed by atoms with Gasteiger partial charge in [0.2, 0.25) is 0 Å². The van der Waals surface area contributed by atoms with Gasteiger partial charge in [0.1, 0.15) is 10.8 Å². The molecule has 1 aromatic heterocycles. The molecule has 1 atom stereocenters. The van der Waals surface area contributed by atoms with Crippen LogP contribution in [-0.4, -0.2) is 59.7 Å². The highest BCUT2D eigenvalue weighted by molar-refractivity contribution is 6.29. The monoisotopic (exact) mass is 285 g/mol. The SMILES string of the molecule is COC(=O)C1COCCN1C(=O)c1cnc(Cl)cn1. The van der Waals surface area contributed by atoms with E-state index in [1.54, 1.807) is 0 Å². The average Bonchev–Trinajstić information content (AvgIpc) is 2.46. The summed E-state index contributed by atoms with van der Waals surface area (Å²) < 4.78 is 9.84. The van der Waals surface area contributed by atoms with Gasteiger partial charge in [0.25, 0.3) is 5.91 Å². The lowest BCUT2D eigenvalue weighted by Gasteiger charge is -2.33. The summed E-state index contributed by atoms with van der Waals surface area (Å²) in [5, 5.41) is 0.197. The number of amides is 1. The Hall–Kier alpha value is -1.73. The zero-order chi connectivity index (χ0) is 13.8. The molecule has 1 aliphatic heterocycles. The van der Waals surface area contributed by atoms with Crippen molar-refractivity contribution in [3.63, 3.8) is 0 Å². The van der Waals surface area contributed by atoms with Crippen molar-refractivity contribution in [2.45, 2.75) is 6.04 Å². The second-order valence-corrected chi connectivity index (χ2v) is 4.22. The van der Waals surface area contributed by atoms with Crippen molar-refractivity contribution >= 4 is 23.5 Å². The van der Waals surface area contributed by atoms with Gasteiger partial charge < -0.3 is 14.4 Å². The third-order valence-corrected chi connectivity index (χ3v) is 2.90. The van der Waals surface area contributed by atoms with Gasteiger partial charge in [-0.25, -0.2) is 14.8 Å². The summed E-state index contributed by atoms with van der Waals surface area (Å²) in [6.07, 6.45) is 2.55. The number of esters is 1. The minimum Gasteiger partial charge on any atom is -0.467 e. The summed E-state index contributed by atoms with van der Waals surface area (Å²) in [5.74, 6) is -0.919. The number of ether oxygens (including phenoxy) is 2. The van der Waals surface area contributed by atoms with Crippen molar-refractivity contribution < 1.29 is 19.1 Å². The topological polar surface area (TPSA) is 81.6 Å². The van der Waals surface area contributed by atoms with E-state index in [-0.39, 0.29) is 17.5 Å². The van der Waals surface area contributed by atoms with Gasteiger partial charge in [-0.05, 0) is 0 Å². The Morgan fingerprint density at radius 1 is 1.47 bits per heavy atom. The van der Waals surface area contributed by atoms with Crippen molar-refractivity contribution in [3.05, 3.63) is 23.2 Å². The van der Waals surface area contributed by atoms with Crippen molar-refractivity contribution in [1.82, 2.24) is 14.9 Å². The van der Waals surface area contributed by atoms with Crippen LogP contribution in [0.15, 0.2) is 12.4 Å². The Bertz CT molecular complexity index is 479. The van der Waals surface area contributed by atoms with Gasteiger partial charge in [0.15, 0.2) is 6.04 Å². The number of methoxy groups -OCH3 is 1. The molecule has 1 amide bonds. The zero-order valence-electron chi connectivity index (χ0n) is 10.2. The van der Waals surface area contributed by atoms with Crippen LogP contribution in [0.5, 0.6) is 0 Å². The second-order valence-electron chi connectivity index (χ2n) is 3.84. The Kier molecular flexibility index (Phi) is 4.28. The van der Waals surface area contributed by atoms with E-state index >= 15 is 0 Å². The molecule has 0 bridgehead atoms. The van der Waals surface area contributed by atoms with Crippen molar-refractivity contribution in [2.24, 2.45) is 0 Å². The Morgan fingerprint density at radius 2 is 2.26 bits per heavy atom. The number of hydrogen-bond donors (Lipinski definition) is 0. The Labute approximate surface area is 114 Å². The van der Waals surface area contributed by atoms with E-state index in [0.29, 0.717) is 13.2 Å². The molecule has 2 heterocycles. The van der Waals surface area contributed by atoms with Gasteiger partial charge in [-0.2, -0.15) is 0 Å². The van der Waals surface area contributed by atoms with Crippen LogP contribution in [0.2, 0.25) is 5.15 Å². The molecule has 102 valence electrons. The fraction of sp³-hybridized carbons (Fsp3) is 0.455. The molecule has 0 spiro atoms. The summed E-state index contributed by atoms with van der Waals surface area (Å²) in [7, 11) is 1.27. The van der Waals surface area contributed by atoms with Gasteiger partial charge in [-0.15, -0.1) is 0 Å². The van der Waals surface area contributed by atoms with Crippen LogP contribution in [0, 0.1) is 0 Å². The predicted octanol–water partition coefficient (Wildman–Crippen LogP) is 0.144. The molecule has 1 aromatic rings. The van der Waals surface area contributed by atoms with E-state index in [4.69, 9.17) is 16.3 Å². The Balaban J connectivity index is 2.20. The third-order valence-electron chi connectivity index (χ3n) is 2.70. The van der Waals surface area contributed by atoms with Crippen LogP contribution in [0.4, 0.5) is 0 Å². The number of carbonyl (C=O) groups is 2. The van der Waals surface area contributed by atoms with E-state index in [1.807, 2.05) is 0 Å². The minimum absolute atomic E-state index is 0.111. The number of morpholine rings is 1. The fourth-order valence-corrected chi connectivity index (χ4v) is 1.85. The molecule has 2 rings (SSSR count). The standard InChI is InChI=1S/C11H12ClN3O4/c1-18-11(17)8-6-19-3-2-15(8)10(16)7-4-14-9(12)5-13-7/h4-5,8H,2-3,6H2,1H3. The van der Waals surface area contributed by atoms with E-state index in [2.05, 4.69) is 14.7 Å². The molecule has 0 saturated carbocycles. The number of rotatable bonds is 2. The smallest absolute Gasteiger partial charge is 0.331 e. The number of halogens is 1. The van der Waals surface area contributed by atoms with Crippen LogP contribution in [0.1, 0.15) is 10.5 Å². The first kappa shape index (κ1) is 13.7. The summed E-state index contributed by atoms with van der Waals surface area (Å²) in [5.41, 5.74) is 0.125. The van der Waals surface area contributed by atoms with Gasteiger partial charge in [-0.1, -0.05) is 11.6 Å². The second kappa shape index (κ2) is 5.94. The number of aromatic nitrogens is 2. The first-order chi connectivity index (χ1) is 9.13. The maximum Gasteiger partial charge on any atom is 0.331 e.